The van der Waals surface area contributed by atoms with Crippen LogP contribution in [0.15, 0.2) is 41.4 Å². The van der Waals surface area contributed by atoms with E-state index in [0.717, 1.165) is 38.8 Å². The largest absolute Gasteiger partial charge is 0.325 e. The van der Waals surface area contributed by atoms with Crippen LogP contribution in [0.25, 0.3) is 0 Å². The number of rotatable bonds is 4. The molecule has 2 aromatic carbocycles. The maximum atomic E-state index is 12.6. The van der Waals surface area contributed by atoms with Crippen molar-refractivity contribution in [1.29, 1.82) is 0 Å². The zero-order valence-corrected chi connectivity index (χ0v) is 19.8. The maximum absolute atomic E-state index is 12.6. The molecular weight excluding hydrogens is 430 g/mol. The van der Waals surface area contributed by atoms with Crippen LogP contribution >= 0.6 is 11.8 Å². The lowest BCUT2D eigenvalue weighted by Crippen LogP contribution is -2.40. The lowest BCUT2D eigenvalue weighted by Gasteiger charge is -2.28. The number of amides is 1. The fourth-order valence-electron chi connectivity index (χ4n) is 4.08. The number of nitrogens with zero attached hydrogens (tertiary/aromatic N) is 2. The Bertz CT molecular complexity index is 1170. The maximum Gasteiger partial charge on any atom is 0.234 e. The van der Waals surface area contributed by atoms with Crippen LogP contribution < -0.4 is 10.2 Å². The van der Waals surface area contributed by atoms with Gasteiger partial charge in [-0.05, 0) is 62.1 Å². The van der Waals surface area contributed by atoms with Gasteiger partial charge in [0, 0.05) is 11.4 Å². The van der Waals surface area contributed by atoms with Gasteiger partial charge < -0.3 is 10.2 Å². The zero-order valence-electron chi connectivity index (χ0n) is 18.2. The molecular formula is C23H27N3O3S2. The number of aliphatic imine (C=N–C) groups is 1. The second-order valence-electron chi connectivity index (χ2n) is 8.44. The van der Waals surface area contributed by atoms with Crippen molar-refractivity contribution in [1.82, 2.24) is 0 Å². The van der Waals surface area contributed by atoms with E-state index >= 15 is 0 Å². The smallest absolute Gasteiger partial charge is 0.234 e. The first-order valence-electron chi connectivity index (χ1n) is 10.3. The number of carbonyl (C=O) groups is 1. The number of hydrogen-bond acceptors (Lipinski definition) is 6. The molecule has 1 amide bonds. The van der Waals surface area contributed by atoms with Crippen molar-refractivity contribution in [3.8, 4) is 0 Å². The molecule has 0 aliphatic carbocycles. The number of sulfone groups is 1. The summed E-state index contributed by atoms with van der Waals surface area (Å²) in [5, 5.41) is 3.70. The SMILES string of the molecule is Cc1ccc(C)c(NC(=O)CSC2=N[C@@H]3CS(=O)(=O)C[C@H]3N2c2cc(C)ccc2C)c1. The molecule has 6 nitrogen and oxygen atoms in total. The summed E-state index contributed by atoms with van der Waals surface area (Å²) in [5.41, 5.74) is 6.03. The van der Waals surface area contributed by atoms with E-state index in [4.69, 9.17) is 4.99 Å². The molecule has 0 saturated carbocycles. The van der Waals surface area contributed by atoms with Gasteiger partial charge in [-0.15, -0.1) is 0 Å². The van der Waals surface area contributed by atoms with Crippen LogP contribution in [0.2, 0.25) is 0 Å². The van der Waals surface area contributed by atoms with Crippen LogP contribution in [-0.2, 0) is 14.6 Å². The second kappa shape index (κ2) is 8.31. The third-order valence-electron chi connectivity index (χ3n) is 5.73. The Morgan fingerprint density at radius 1 is 1.06 bits per heavy atom. The number of carbonyl (C=O) groups excluding carboxylic acids is 1. The fourth-order valence-corrected chi connectivity index (χ4v) is 6.84. The highest BCUT2D eigenvalue weighted by Gasteiger charge is 2.47. The number of amidine groups is 1. The Labute approximate surface area is 188 Å². The summed E-state index contributed by atoms with van der Waals surface area (Å²) in [5.74, 6) is 0.261. The highest BCUT2D eigenvalue weighted by atomic mass is 32.2. The van der Waals surface area contributed by atoms with E-state index in [-0.39, 0.29) is 35.2 Å². The monoisotopic (exact) mass is 457 g/mol. The summed E-state index contributed by atoms with van der Waals surface area (Å²) in [6.45, 7) is 7.99. The number of anilines is 2. The predicted octanol–water partition coefficient (Wildman–Crippen LogP) is 3.63. The first kappa shape index (κ1) is 21.9. The predicted molar refractivity (Wildman–Crippen MR) is 129 cm³/mol. The molecule has 0 unspecified atom stereocenters. The van der Waals surface area contributed by atoms with Crippen molar-refractivity contribution in [3.05, 3.63) is 58.7 Å². The summed E-state index contributed by atoms with van der Waals surface area (Å²) < 4.78 is 24.5. The van der Waals surface area contributed by atoms with Gasteiger partial charge in [0.05, 0.1) is 29.3 Å². The van der Waals surface area contributed by atoms with E-state index in [1.807, 2.05) is 62.9 Å². The van der Waals surface area contributed by atoms with Crippen LogP contribution in [0.5, 0.6) is 0 Å². The normalized spacial score (nSPS) is 21.7. The molecule has 1 saturated heterocycles. The highest BCUT2D eigenvalue weighted by molar-refractivity contribution is 8.14. The van der Waals surface area contributed by atoms with Crippen molar-refractivity contribution in [3.63, 3.8) is 0 Å². The number of nitrogens with one attached hydrogen (secondary N) is 1. The zero-order chi connectivity index (χ0) is 22.3. The van der Waals surface area contributed by atoms with Crippen molar-refractivity contribution >= 4 is 44.0 Å². The number of thioether (sulfide) groups is 1. The van der Waals surface area contributed by atoms with Crippen molar-refractivity contribution < 1.29 is 13.2 Å². The average molecular weight is 458 g/mol. The van der Waals surface area contributed by atoms with Gasteiger partial charge in [-0.1, -0.05) is 36.0 Å². The van der Waals surface area contributed by atoms with Gasteiger partial charge in [-0.25, -0.2) is 8.42 Å². The molecule has 2 aromatic rings. The molecule has 4 rings (SSSR count). The van der Waals surface area contributed by atoms with E-state index in [9.17, 15) is 13.2 Å². The fraction of sp³-hybridized carbons (Fsp3) is 0.391. The van der Waals surface area contributed by atoms with Crippen LogP contribution in [0, 0.1) is 27.7 Å². The average Bonchev–Trinajstić information content (AvgIpc) is 3.16. The van der Waals surface area contributed by atoms with Crippen molar-refractivity contribution in [2.75, 3.05) is 27.5 Å². The third-order valence-corrected chi connectivity index (χ3v) is 8.40. The molecule has 0 spiro atoms. The van der Waals surface area contributed by atoms with E-state index in [0.29, 0.717) is 0 Å². The van der Waals surface area contributed by atoms with Gasteiger partial charge in [-0.3, -0.25) is 9.79 Å². The quantitative estimate of drug-likeness (QED) is 0.758. The van der Waals surface area contributed by atoms with Crippen LogP contribution in [0.4, 0.5) is 11.4 Å². The van der Waals surface area contributed by atoms with Crippen molar-refractivity contribution in [2.24, 2.45) is 4.99 Å². The molecule has 2 atom stereocenters. The Hall–Kier alpha value is -2.32. The van der Waals surface area contributed by atoms with Crippen LogP contribution in [-0.4, -0.2) is 48.8 Å². The Morgan fingerprint density at radius 2 is 1.74 bits per heavy atom. The summed E-state index contributed by atoms with van der Waals surface area (Å²) >= 11 is 1.36. The van der Waals surface area contributed by atoms with Gasteiger partial charge in [0.2, 0.25) is 5.91 Å². The molecule has 31 heavy (non-hydrogen) atoms. The molecule has 8 heteroatoms. The van der Waals surface area contributed by atoms with E-state index in [1.165, 1.54) is 11.8 Å². The molecule has 0 radical (unpaired) electrons. The Morgan fingerprint density at radius 3 is 2.48 bits per heavy atom. The van der Waals surface area contributed by atoms with Gasteiger partial charge in [-0.2, -0.15) is 0 Å². The first-order chi connectivity index (χ1) is 14.6. The molecule has 1 N–H and O–H groups in total. The van der Waals surface area contributed by atoms with Gasteiger partial charge >= 0.3 is 0 Å². The highest BCUT2D eigenvalue weighted by Crippen LogP contribution is 2.37. The minimum absolute atomic E-state index is 0.0672. The van der Waals surface area contributed by atoms with E-state index < -0.39 is 9.84 Å². The molecule has 2 aliphatic rings. The molecule has 2 heterocycles. The summed E-state index contributed by atoms with van der Waals surface area (Å²) in [4.78, 5) is 19.4. The van der Waals surface area contributed by atoms with Crippen LogP contribution in [0.1, 0.15) is 22.3 Å². The molecule has 2 aliphatic heterocycles. The summed E-state index contributed by atoms with van der Waals surface area (Å²) in [6.07, 6.45) is 0. The minimum Gasteiger partial charge on any atom is -0.325 e. The molecule has 1 fully saturated rings. The third kappa shape index (κ3) is 4.65. The molecule has 0 aromatic heterocycles. The van der Waals surface area contributed by atoms with Gasteiger partial charge in [0.25, 0.3) is 0 Å². The topological polar surface area (TPSA) is 78.8 Å². The van der Waals surface area contributed by atoms with Gasteiger partial charge in [0.15, 0.2) is 15.0 Å². The van der Waals surface area contributed by atoms with Crippen molar-refractivity contribution in [2.45, 2.75) is 39.8 Å². The molecule has 164 valence electrons. The number of hydrogen-bond donors (Lipinski definition) is 1. The Kier molecular flexibility index (Phi) is 5.87. The first-order valence-corrected chi connectivity index (χ1v) is 13.1. The number of benzene rings is 2. The Balaban J connectivity index is 1.55. The van der Waals surface area contributed by atoms with Crippen LogP contribution in [0.3, 0.4) is 0 Å². The lowest BCUT2D eigenvalue weighted by atomic mass is 10.1. The van der Waals surface area contributed by atoms with Gasteiger partial charge in [0.1, 0.15) is 0 Å². The standard InChI is InChI=1S/C23H27N3O3S2/c1-14-5-7-16(3)18(9-14)24-22(27)11-30-23-25-19-12-31(28,29)13-21(19)26(23)20-10-15(2)6-8-17(20)4/h5-10,19,21H,11-13H2,1-4H3,(H,24,27)/t19-,21-/m1/s1. The lowest BCUT2D eigenvalue weighted by molar-refractivity contribution is -0.113. The summed E-state index contributed by atoms with van der Waals surface area (Å²) in [6, 6.07) is 11.6. The second-order valence-corrected chi connectivity index (χ2v) is 11.5. The summed E-state index contributed by atoms with van der Waals surface area (Å²) in [7, 11) is -3.11. The number of aryl methyl sites for hydroxylation is 4. The van der Waals surface area contributed by atoms with E-state index in [2.05, 4.69) is 11.4 Å². The minimum atomic E-state index is -3.11. The van der Waals surface area contributed by atoms with E-state index in [1.54, 1.807) is 0 Å². The number of fused-ring (bicyclic) bond motifs is 1. The molecule has 0 bridgehead atoms.